The third-order valence-corrected chi connectivity index (χ3v) is 2.55. The van der Waals surface area contributed by atoms with Crippen molar-refractivity contribution in [1.82, 2.24) is 9.88 Å². The van der Waals surface area contributed by atoms with Crippen LogP contribution in [0, 0.1) is 0 Å². The van der Waals surface area contributed by atoms with Crippen LogP contribution >= 0.6 is 0 Å². The van der Waals surface area contributed by atoms with Crippen LogP contribution in [-0.2, 0) is 10.3 Å². The lowest BCUT2D eigenvalue weighted by Crippen LogP contribution is -2.45. The van der Waals surface area contributed by atoms with E-state index in [1.807, 2.05) is 0 Å². The highest BCUT2D eigenvalue weighted by Crippen LogP contribution is 2.25. The lowest BCUT2D eigenvalue weighted by atomic mass is 9.92. The molecule has 4 nitrogen and oxygen atoms in total. The first kappa shape index (κ1) is 10.7. The Morgan fingerprint density at radius 2 is 1.93 bits per heavy atom. The van der Waals surface area contributed by atoms with Gasteiger partial charge in [-0.2, -0.15) is 0 Å². The number of hydrogen-bond donors (Lipinski definition) is 1. The van der Waals surface area contributed by atoms with Gasteiger partial charge in [-0.15, -0.1) is 0 Å². The van der Waals surface area contributed by atoms with E-state index < -0.39 is 11.5 Å². The van der Waals surface area contributed by atoms with E-state index in [0.717, 1.165) is 5.56 Å². The molecule has 0 aromatic carbocycles. The molecule has 1 rings (SSSR count). The predicted octanol–water partition coefficient (Wildman–Crippen LogP) is 0.943. The van der Waals surface area contributed by atoms with Crippen molar-refractivity contribution in [3.8, 4) is 0 Å². The summed E-state index contributed by atoms with van der Waals surface area (Å²) in [5, 5.41) is 9.19. The molecule has 1 heterocycles. The van der Waals surface area contributed by atoms with Gasteiger partial charge >= 0.3 is 5.97 Å². The monoisotopic (exact) mass is 194 g/mol. The van der Waals surface area contributed by atoms with E-state index in [-0.39, 0.29) is 0 Å². The van der Waals surface area contributed by atoms with Gasteiger partial charge < -0.3 is 5.11 Å². The summed E-state index contributed by atoms with van der Waals surface area (Å²) >= 11 is 0. The summed E-state index contributed by atoms with van der Waals surface area (Å²) in [6, 6.07) is 3.43. The number of likely N-dealkylation sites (N-methyl/N-ethyl adjacent to an activating group) is 1. The highest BCUT2D eigenvalue weighted by atomic mass is 16.4. The zero-order valence-corrected chi connectivity index (χ0v) is 8.56. The molecule has 1 N–H and O–H groups in total. The van der Waals surface area contributed by atoms with Crippen molar-refractivity contribution >= 4 is 5.97 Å². The molecule has 0 aliphatic rings. The Kier molecular flexibility index (Phi) is 2.86. The molecular weight excluding hydrogens is 180 g/mol. The fraction of sp³-hybridized carbons (Fsp3) is 0.400. The molecule has 0 radical (unpaired) electrons. The Morgan fingerprint density at radius 3 is 2.29 bits per heavy atom. The quantitative estimate of drug-likeness (QED) is 0.778. The molecule has 1 aromatic heterocycles. The Balaban J connectivity index is 3.20. The third kappa shape index (κ3) is 1.61. The number of rotatable bonds is 3. The number of carboxylic acid groups (broad SMARTS) is 1. The number of nitrogens with zero attached hydrogens (tertiary/aromatic N) is 2. The maximum atomic E-state index is 11.2. The first-order valence-corrected chi connectivity index (χ1v) is 4.31. The number of aliphatic carboxylic acids is 1. The van der Waals surface area contributed by atoms with Gasteiger partial charge in [0.2, 0.25) is 0 Å². The molecule has 1 atom stereocenters. The van der Waals surface area contributed by atoms with Crippen molar-refractivity contribution in [1.29, 1.82) is 0 Å². The minimum absolute atomic E-state index is 0.727. The van der Waals surface area contributed by atoms with Gasteiger partial charge in [-0.25, -0.2) is 4.79 Å². The zero-order chi connectivity index (χ0) is 10.8. The Bertz CT molecular complexity index is 324. The fourth-order valence-corrected chi connectivity index (χ4v) is 1.25. The second-order valence-corrected chi connectivity index (χ2v) is 3.51. The second-order valence-electron chi connectivity index (χ2n) is 3.51. The lowest BCUT2D eigenvalue weighted by molar-refractivity contribution is -0.149. The summed E-state index contributed by atoms with van der Waals surface area (Å²) in [4.78, 5) is 16.7. The Morgan fingerprint density at radius 1 is 1.43 bits per heavy atom. The fourth-order valence-electron chi connectivity index (χ4n) is 1.25. The number of hydrogen-bond acceptors (Lipinski definition) is 3. The number of carbonyl (C=O) groups is 1. The van der Waals surface area contributed by atoms with Gasteiger partial charge in [-0.1, -0.05) is 0 Å². The van der Waals surface area contributed by atoms with E-state index in [1.165, 1.54) is 0 Å². The van der Waals surface area contributed by atoms with Crippen molar-refractivity contribution in [2.45, 2.75) is 12.5 Å². The molecule has 76 valence electrons. The van der Waals surface area contributed by atoms with Crippen LogP contribution in [0.3, 0.4) is 0 Å². The van der Waals surface area contributed by atoms with Crippen LogP contribution in [0.2, 0.25) is 0 Å². The molecule has 0 aliphatic heterocycles. The molecule has 0 saturated heterocycles. The standard InChI is InChI=1S/C10H14N2O2/c1-10(9(13)14,12(2)3)8-4-6-11-7-5-8/h4-7H,1-3H3,(H,13,14). The minimum Gasteiger partial charge on any atom is -0.480 e. The molecule has 4 heteroatoms. The molecule has 14 heavy (non-hydrogen) atoms. The van der Waals surface area contributed by atoms with E-state index in [4.69, 9.17) is 0 Å². The maximum Gasteiger partial charge on any atom is 0.328 e. The second kappa shape index (κ2) is 3.75. The Hall–Kier alpha value is -1.42. The van der Waals surface area contributed by atoms with Crippen LogP contribution in [0.25, 0.3) is 0 Å². The van der Waals surface area contributed by atoms with Crippen LogP contribution < -0.4 is 0 Å². The van der Waals surface area contributed by atoms with E-state index in [1.54, 1.807) is 50.4 Å². The van der Waals surface area contributed by atoms with Crippen molar-refractivity contribution in [3.63, 3.8) is 0 Å². The highest BCUT2D eigenvalue weighted by Gasteiger charge is 2.37. The van der Waals surface area contributed by atoms with Gasteiger partial charge in [0, 0.05) is 12.4 Å². The summed E-state index contributed by atoms with van der Waals surface area (Å²) in [5.74, 6) is -0.867. The SMILES string of the molecule is CN(C)C(C)(C(=O)O)c1ccncc1. The summed E-state index contributed by atoms with van der Waals surface area (Å²) in [7, 11) is 3.49. The molecule has 1 aromatic rings. The van der Waals surface area contributed by atoms with Gasteiger partial charge in [0.25, 0.3) is 0 Å². The molecule has 0 spiro atoms. The lowest BCUT2D eigenvalue weighted by Gasteiger charge is -2.32. The smallest absolute Gasteiger partial charge is 0.328 e. The van der Waals surface area contributed by atoms with E-state index in [9.17, 15) is 9.90 Å². The maximum absolute atomic E-state index is 11.2. The Labute approximate surface area is 83.2 Å². The van der Waals surface area contributed by atoms with E-state index in [0.29, 0.717) is 0 Å². The highest BCUT2D eigenvalue weighted by molar-refractivity contribution is 5.80. The average Bonchev–Trinajstić information content (AvgIpc) is 2.17. The van der Waals surface area contributed by atoms with Crippen LogP contribution in [-0.4, -0.2) is 35.1 Å². The molecule has 0 aliphatic carbocycles. The molecule has 0 bridgehead atoms. The van der Waals surface area contributed by atoms with Gasteiger partial charge in [0.05, 0.1) is 0 Å². The van der Waals surface area contributed by atoms with Gasteiger partial charge in [0.15, 0.2) is 0 Å². The number of carboxylic acids is 1. The molecule has 1 unspecified atom stereocenters. The first-order chi connectivity index (χ1) is 6.49. The van der Waals surface area contributed by atoms with Crippen LogP contribution in [0.5, 0.6) is 0 Å². The average molecular weight is 194 g/mol. The largest absolute Gasteiger partial charge is 0.480 e. The molecule has 0 saturated carbocycles. The van der Waals surface area contributed by atoms with Crippen molar-refractivity contribution < 1.29 is 9.90 Å². The number of aromatic nitrogens is 1. The summed E-state index contributed by atoms with van der Waals surface area (Å²) in [5.41, 5.74) is -0.270. The summed E-state index contributed by atoms with van der Waals surface area (Å²) in [6.45, 7) is 1.67. The predicted molar refractivity (Wildman–Crippen MR) is 52.9 cm³/mol. The van der Waals surface area contributed by atoms with Crippen molar-refractivity contribution in [3.05, 3.63) is 30.1 Å². The topological polar surface area (TPSA) is 53.4 Å². The first-order valence-electron chi connectivity index (χ1n) is 4.31. The van der Waals surface area contributed by atoms with E-state index >= 15 is 0 Å². The zero-order valence-electron chi connectivity index (χ0n) is 8.56. The molecule has 0 amide bonds. The van der Waals surface area contributed by atoms with Gasteiger partial charge in [0.1, 0.15) is 5.54 Å². The minimum atomic E-state index is -0.997. The normalized spacial score (nSPS) is 15.1. The summed E-state index contributed by atoms with van der Waals surface area (Å²) in [6.07, 6.45) is 3.19. The van der Waals surface area contributed by atoms with Crippen molar-refractivity contribution in [2.75, 3.05) is 14.1 Å². The number of pyridine rings is 1. The van der Waals surface area contributed by atoms with Crippen LogP contribution in [0.1, 0.15) is 12.5 Å². The summed E-state index contributed by atoms with van der Waals surface area (Å²) < 4.78 is 0. The molecular formula is C10H14N2O2. The third-order valence-electron chi connectivity index (χ3n) is 2.55. The van der Waals surface area contributed by atoms with Crippen LogP contribution in [0.15, 0.2) is 24.5 Å². The van der Waals surface area contributed by atoms with Gasteiger partial charge in [-0.05, 0) is 38.7 Å². The molecule has 0 fully saturated rings. The van der Waals surface area contributed by atoms with Crippen LogP contribution in [0.4, 0.5) is 0 Å². The van der Waals surface area contributed by atoms with E-state index in [2.05, 4.69) is 4.98 Å². The van der Waals surface area contributed by atoms with Gasteiger partial charge in [-0.3, -0.25) is 9.88 Å². The van der Waals surface area contributed by atoms with Crippen molar-refractivity contribution in [2.24, 2.45) is 0 Å².